The third kappa shape index (κ3) is 4.34. The number of amides is 2. The summed E-state index contributed by atoms with van der Waals surface area (Å²) in [5.74, 6) is 0.775. The van der Waals surface area contributed by atoms with Crippen LogP contribution in [0, 0.1) is 5.82 Å². The van der Waals surface area contributed by atoms with Crippen LogP contribution in [0.25, 0.3) is 0 Å². The van der Waals surface area contributed by atoms with E-state index in [9.17, 15) is 14.0 Å². The first kappa shape index (κ1) is 19.2. The van der Waals surface area contributed by atoms with Gasteiger partial charge in [0.05, 0.1) is 0 Å². The van der Waals surface area contributed by atoms with Crippen LogP contribution in [0.15, 0.2) is 48.5 Å². The van der Waals surface area contributed by atoms with Crippen LogP contribution in [0.5, 0.6) is 11.5 Å². The number of piperazine rings is 1. The number of benzene rings is 2. The van der Waals surface area contributed by atoms with Crippen LogP contribution < -0.4 is 9.47 Å². The predicted octanol–water partition coefficient (Wildman–Crippen LogP) is 2.27. The van der Waals surface area contributed by atoms with Crippen molar-refractivity contribution in [3.8, 4) is 11.5 Å². The first-order valence-electron chi connectivity index (χ1n) is 9.80. The largest absolute Gasteiger partial charge is 0.485 e. The van der Waals surface area contributed by atoms with Gasteiger partial charge in [0.25, 0.3) is 5.91 Å². The molecule has 0 bridgehead atoms. The highest BCUT2D eigenvalue weighted by Gasteiger charge is 2.33. The molecule has 0 spiro atoms. The number of carbonyl (C=O) groups is 2. The summed E-state index contributed by atoms with van der Waals surface area (Å²) >= 11 is 0. The minimum absolute atomic E-state index is 0.0217. The highest BCUT2D eigenvalue weighted by molar-refractivity contribution is 5.82. The minimum Gasteiger partial charge on any atom is -0.485 e. The number of nitrogens with zero attached hydrogens (tertiary/aromatic N) is 2. The van der Waals surface area contributed by atoms with Crippen molar-refractivity contribution < 1.29 is 23.5 Å². The Kier molecular flexibility index (Phi) is 5.64. The zero-order valence-corrected chi connectivity index (χ0v) is 16.1. The molecule has 29 heavy (non-hydrogen) atoms. The number of carbonyl (C=O) groups excluding carboxylic acids is 2. The molecule has 0 radical (unpaired) electrons. The smallest absolute Gasteiger partial charge is 0.267 e. The molecule has 2 aliphatic heterocycles. The maximum Gasteiger partial charge on any atom is 0.267 e. The molecule has 2 aromatic carbocycles. The van der Waals surface area contributed by atoms with Gasteiger partial charge >= 0.3 is 0 Å². The van der Waals surface area contributed by atoms with Crippen LogP contribution in [0.4, 0.5) is 4.39 Å². The SMILES string of the molecule is O=C(CCc1ccccc1F)N1CCN(C(=O)C2COc3ccccc3O2)CC1. The fourth-order valence-corrected chi connectivity index (χ4v) is 3.62. The Balaban J connectivity index is 1.26. The summed E-state index contributed by atoms with van der Waals surface area (Å²) in [7, 11) is 0. The maximum absolute atomic E-state index is 13.7. The van der Waals surface area contributed by atoms with E-state index in [1.807, 2.05) is 18.2 Å². The van der Waals surface area contributed by atoms with Gasteiger partial charge in [-0.1, -0.05) is 30.3 Å². The second kappa shape index (κ2) is 8.51. The Morgan fingerprint density at radius 2 is 1.59 bits per heavy atom. The lowest BCUT2D eigenvalue weighted by Crippen LogP contribution is -2.55. The molecule has 2 amide bonds. The first-order valence-corrected chi connectivity index (χ1v) is 9.80. The molecule has 2 aromatic rings. The molecule has 4 rings (SSSR count). The molecule has 1 fully saturated rings. The molecule has 0 aliphatic carbocycles. The number of hydrogen-bond acceptors (Lipinski definition) is 4. The lowest BCUT2D eigenvalue weighted by molar-refractivity contribution is -0.146. The molecule has 2 aliphatic rings. The van der Waals surface area contributed by atoms with Crippen LogP contribution >= 0.6 is 0 Å². The summed E-state index contributed by atoms with van der Waals surface area (Å²) in [4.78, 5) is 28.7. The topological polar surface area (TPSA) is 59.1 Å². The summed E-state index contributed by atoms with van der Waals surface area (Å²) in [5, 5.41) is 0. The molecule has 0 N–H and O–H groups in total. The van der Waals surface area contributed by atoms with Crippen LogP contribution in [-0.2, 0) is 16.0 Å². The van der Waals surface area contributed by atoms with Gasteiger partial charge in [0.15, 0.2) is 11.5 Å². The van der Waals surface area contributed by atoms with Gasteiger partial charge in [-0.25, -0.2) is 4.39 Å². The number of aryl methyl sites for hydroxylation is 1. The maximum atomic E-state index is 13.7. The number of ether oxygens (including phenoxy) is 2. The molecular formula is C22H23FN2O4. The average molecular weight is 398 g/mol. The number of rotatable bonds is 4. The molecule has 6 nitrogen and oxygen atoms in total. The molecular weight excluding hydrogens is 375 g/mol. The molecule has 152 valence electrons. The van der Waals surface area contributed by atoms with Gasteiger partial charge < -0.3 is 19.3 Å². The molecule has 7 heteroatoms. The molecule has 0 aromatic heterocycles. The lowest BCUT2D eigenvalue weighted by Gasteiger charge is -2.37. The number of halogens is 1. The van der Waals surface area contributed by atoms with Crippen LogP contribution in [0.3, 0.4) is 0 Å². The van der Waals surface area contributed by atoms with E-state index in [4.69, 9.17) is 9.47 Å². The van der Waals surface area contributed by atoms with Crippen molar-refractivity contribution in [2.75, 3.05) is 32.8 Å². The Morgan fingerprint density at radius 1 is 0.931 bits per heavy atom. The minimum atomic E-state index is -0.673. The summed E-state index contributed by atoms with van der Waals surface area (Å²) < 4.78 is 25.1. The van der Waals surface area contributed by atoms with Crippen molar-refractivity contribution in [1.29, 1.82) is 0 Å². The number of hydrogen-bond donors (Lipinski definition) is 0. The average Bonchev–Trinajstić information content (AvgIpc) is 2.77. The van der Waals surface area contributed by atoms with Crippen LogP contribution in [0.1, 0.15) is 12.0 Å². The van der Waals surface area contributed by atoms with E-state index >= 15 is 0 Å². The Hall–Kier alpha value is -3.09. The highest BCUT2D eigenvalue weighted by atomic mass is 19.1. The molecule has 1 atom stereocenters. The monoisotopic (exact) mass is 398 g/mol. The lowest BCUT2D eigenvalue weighted by atomic mass is 10.1. The fraction of sp³-hybridized carbons (Fsp3) is 0.364. The van der Waals surface area contributed by atoms with Crippen LogP contribution in [0.2, 0.25) is 0 Å². The van der Waals surface area contributed by atoms with Crippen molar-refractivity contribution >= 4 is 11.8 Å². The van der Waals surface area contributed by atoms with E-state index in [2.05, 4.69) is 0 Å². The summed E-state index contributed by atoms with van der Waals surface area (Å²) in [6.07, 6.45) is -0.0454. The second-order valence-corrected chi connectivity index (χ2v) is 7.16. The van der Waals surface area contributed by atoms with E-state index in [1.165, 1.54) is 6.07 Å². The van der Waals surface area contributed by atoms with Crippen molar-refractivity contribution in [3.63, 3.8) is 0 Å². The van der Waals surface area contributed by atoms with Crippen molar-refractivity contribution in [1.82, 2.24) is 9.80 Å². The van der Waals surface area contributed by atoms with E-state index in [-0.39, 0.29) is 30.7 Å². The Bertz CT molecular complexity index is 896. The third-order valence-corrected chi connectivity index (χ3v) is 5.29. The van der Waals surface area contributed by atoms with E-state index in [0.717, 1.165) is 0 Å². The van der Waals surface area contributed by atoms with Crippen LogP contribution in [-0.4, -0.2) is 60.5 Å². The molecule has 2 heterocycles. The summed E-state index contributed by atoms with van der Waals surface area (Å²) in [6, 6.07) is 13.8. The summed E-state index contributed by atoms with van der Waals surface area (Å²) in [6.45, 7) is 2.01. The Labute approximate surface area is 168 Å². The van der Waals surface area contributed by atoms with Gasteiger partial charge in [0.2, 0.25) is 12.0 Å². The van der Waals surface area contributed by atoms with Crippen molar-refractivity contribution in [2.24, 2.45) is 0 Å². The van der Waals surface area contributed by atoms with Gasteiger partial charge in [-0.05, 0) is 30.2 Å². The zero-order valence-electron chi connectivity index (χ0n) is 16.1. The standard InChI is InChI=1S/C22H23FN2O4/c23-17-6-2-1-5-16(17)9-10-21(26)24-11-13-25(14-12-24)22(27)20-15-28-18-7-3-4-8-19(18)29-20/h1-8,20H,9-15H2. The van der Waals surface area contributed by atoms with Crippen molar-refractivity contribution in [3.05, 3.63) is 59.9 Å². The Morgan fingerprint density at radius 3 is 2.34 bits per heavy atom. The molecule has 0 saturated carbocycles. The first-order chi connectivity index (χ1) is 14.1. The third-order valence-electron chi connectivity index (χ3n) is 5.29. The number of para-hydroxylation sites is 2. The zero-order chi connectivity index (χ0) is 20.2. The molecule has 1 unspecified atom stereocenters. The predicted molar refractivity (Wildman–Crippen MR) is 104 cm³/mol. The normalized spacial score (nSPS) is 18.4. The fourth-order valence-electron chi connectivity index (χ4n) is 3.62. The van der Waals surface area contributed by atoms with E-state index < -0.39 is 6.10 Å². The van der Waals surface area contributed by atoms with E-state index in [1.54, 1.807) is 34.1 Å². The summed E-state index contributed by atoms with van der Waals surface area (Å²) in [5.41, 5.74) is 0.546. The van der Waals surface area contributed by atoms with Gasteiger partial charge in [-0.3, -0.25) is 9.59 Å². The van der Waals surface area contributed by atoms with Gasteiger partial charge in [0, 0.05) is 32.6 Å². The highest BCUT2D eigenvalue weighted by Crippen LogP contribution is 2.31. The van der Waals surface area contributed by atoms with Gasteiger partial charge in [-0.2, -0.15) is 0 Å². The van der Waals surface area contributed by atoms with Crippen molar-refractivity contribution in [2.45, 2.75) is 18.9 Å². The quantitative estimate of drug-likeness (QED) is 0.793. The van der Waals surface area contributed by atoms with Gasteiger partial charge in [0.1, 0.15) is 12.4 Å². The molecule has 1 saturated heterocycles. The number of fused-ring (bicyclic) bond motifs is 1. The van der Waals surface area contributed by atoms with Gasteiger partial charge in [-0.15, -0.1) is 0 Å². The second-order valence-electron chi connectivity index (χ2n) is 7.16. The van der Waals surface area contributed by atoms with E-state index in [0.29, 0.717) is 49.7 Å².